The van der Waals surface area contributed by atoms with Gasteiger partial charge >= 0.3 is 0 Å². The van der Waals surface area contributed by atoms with Crippen molar-refractivity contribution < 1.29 is 13.3 Å². The largest absolute Gasteiger partial charge is 0.455 e. The molecule has 1 unspecified atom stereocenters. The average Bonchev–Trinajstić information content (AvgIpc) is 4.28. The first-order chi connectivity index (χ1) is 37.4. The highest BCUT2D eigenvalue weighted by atomic mass is 16.3. The molecule has 0 fully saturated rings. The van der Waals surface area contributed by atoms with E-state index in [1.807, 2.05) is 0 Å². The summed E-state index contributed by atoms with van der Waals surface area (Å²) in [4.78, 5) is 4.98. The van der Waals surface area contributed by atoms with Gasteiger partial charge in [-0.25, -0.2) is 0 Å². The highest BCUT2D eigenvalue weighted by molar-refractivity contribution is 6.26. The fourth-order valence-corrected chi connectivity index (χ4v) is 13.0. The average molecular weight is 977 g/mol. The molecule has 0 saturated heterocycles. The molecule has 0 spiro atoms. The number of rotatable bonds is 5. The van der Waals surface area contributed by atoms with Gasteiger partial charge in [0.2, 0.25) is 0 Å². The van der Waals surface area contributed by atoms with Crippen molar-refractivity contribution in [1.29, 1.82) is 0 Å². The van der Waals surface area contributed by atoms with Crippen molar-refractivity contribution >= 4 is 121 Å². The van der Waals surface area contributed by atoms with Crippen molar-refractivity contribution in [2.45, 2.75) is 33.2 Å². The summed E-state index contributed by atoms with van der Waals surface area (Å²) in [6.07, 6.45) is 5.70. The number of benzene rings is 11. The minimum absolute atomic E-state index is 0.0539. The SMILES string of the molecule is CC1=CC2=CC(C1)N(c1cc3c4cc(N(c5cc(C)cc(C)c5)c5cccc6c5oc5c(-c7ccccc7)cccc56)c5ccccc5c4oc3c3ccccc13)c1cccc3c1oc1c(cccc13)-c1ccccc12. The van der Waals surface area contributed by atoms with Crippen molar-refractivity contribution in [3.05, 3.63) is 241 Å². The standard InChI is InChI=1S/C71H48N2O3/c1-41-33-42(2)36-46(35-41)72(62-31-15-29-58-56-27-13-25-49(66(56)75-70(58)62)44-17-5-4-6-18-44)64-39-60-61-40-65(52-22-10-12-24-55(52)69(61)74-68(60)54-23-11-9-21-51(54)64)73-47-37-43(3)34-45(38-47)48-19-7-8-20-50(48)53-26-14-28-57-59-30-16-32-63(73)71(59)76-67(53)57/h4-36,38-40,47H,37H2,1-3H3. The van der Waals surface area contributed by atoms with Crippen LogP contribution in [0.1, 0.15) is 30.0 Å². The highest BCUT2D eigenvalue weighted by Gasteiger charge is 2.32. The van der Waals surface area contributed by atoms with Gasteiger partial charge in [0.05, 0.1) is 28.8 Å². The van der Waals surface area contributed by atoms with Crippen LogP contribution in [0.4, 0.5) is 28.4 Å². The summed E-state index contributed by atoms with van der Waals surface area (Å²) in [5.41, 5.74) is 20.9. The maximum absolute atomic E-state index is 7.33. The molecule has 4 heterocycles. The third kappa shape index (κ3) is 6.26. The number of hydrogen-bond donors (Lipinski definition) is 0. The minimum atomic E-state index is -0.0539. The second-order valence-electron chi connectivity index (χ2n) is 21.0. The second-order valence-corrected chi connectivity index (χ2v) is 21.0. The minimum Gasteiger partial charge on any atom is -0.455 e. The Balaban J connectivity index is 0.996. The van der Waals surface area contributed by atoms with Crippen LogP contribution in [0, 0.1) is 13.8 Å². The lowest BCUT2D eigenvalue weighted by Gasteiger charge is -2.35. The van der Waals surface area contributed by atoms with Crippen LogP contribution < -0.4 is 9.80 Å². The van der Waals surface area contributed by atoms with Gasteiger partial charge in [-0.15, -0.1) is 0 Å². The molecule has 5 nitrogen and oxygen atoms in total. The number of anilines is 5. The molecule has 360 valence electrons. The predicted molar refractivity (Wildman–Crippen MR) is 317 cm³/mol. The molecule has 76 heavy (non-hydrogen) atoms. The molecule has 0 saturated carbocycles. The normalized spacial score (nSPS) is 14.5. The molecule has 0 amide bonds. The molecule has 3 aromatic heterocycles. The Morgan fingerprint density at radius 1 is 0.382 bits per heavy atom. The highest BCUT2D eigenvalue weighted by Crippen LogP contribution is 2.52. The van der Waals surface area contributed by atoms with Gasteiger partial charge in [-0.3, -0.25) is 0 Å². The summed E-state index contributed by atoms with van der Waals surface area (Å²) < 4.78 is 21.8. The lowest BCUT2D eigenvalue weighted by Crippen LogP contribution is -2.31. The van der Waals surface area contributed by atoms with Crippen LogP contribution >= 0.6 is 0 Å². The fourth-order valence-electron chi connectivity index (χ4n) is 13.0. The summed E-state index contributed by atoms with van der Waals surface area (Å²) in [6.45, 7) is 6.64. The summed E-state index contributed by atoms with van der Waals surface area (Å²) in [7, 11) is 0. The number of hydrogen-bond acceptors (Lipinski definition) is 5. The smallest absolute Gasteiger partial charge is 0.159 e. The van der Waals surface area contributed by atoms with Gasteiger partial charge in [0.1, 0.15) is 22.3 Å². The summed E-state index contributed by atoms with van der Waals surface area (Å²) in [5, 5.41) is 10.7. The van der Waals surface area contributed by atoms with Crippen molar-refractivity contribution in [3.63, 3.8) is 0 Å². The Bertz CT molecular complexity index is 4830. The van der Waals surface area contributed by atoms with Gasteiger partial charge in [0.15, 0.2) is 11.2 Å². The van der Waals surface area contributed by atoms with Gasteiger partial charge in [-0.1, -0.05) is 188 Å². The van der Waals surface area contributed by atoms with E-state index in [2.05, 4.69) is 249 Å². The lowest BCUT2D eigenvalue weighted by molar-refractivity contribution is 0.665. The summed E-state index contributed by atoms with van der Waals surface area (Å²) in [5.74, 6) is 0. The van der Waals surface area contributed by atoms with Crippen molar-refractivity contribution in [2.75, 3.05) is 9.80 Å². The molecule has 5 heteroatoms. The zero-order chi connectivity index (χ0) is 50.3. The number of allylic oxidation sites excluding steroid dienone is 2. The van der Waals surface area contributed by atoms with E-state index in [4.69, 9.17) is 13.3 Å². The second kappa shape index (κ2) is 16.2. The third-order valence-electron chi connectivity index (χ3n) is 16.2. The summed E-state index contributed by atoms with van der Waals surface area (Å²) in [6, 6.07) is 74.7. The van der Waals surface area contributed by atoms with E-state index in [0.29, 0.717) is 0 Å². The molecule has 0 radical (unpaired) electrons. The van der Waals surface area contributed by atoms with E-state index in [9.17, 15) is 0 Å². The molecular formula is C71H48N2O3. The fraction of sp³-hybridized carbons (Fsp3) is 0.0704. The van der Waals surface area contributed by atoms with Crippen LogP contribution in [-0.4, -0.2) is 6.04 Å². The van der Waals surface area contributed by atoms with Crippen molar-refractivity contribution in [1.82, 2.24) is 0 Å². The van der Waals surface area contributed by atoms with Crippen LogP contribution in [0.15, 0.2) is 237 Å². The number of fused-ring (bicyclic) bond motifs is 15. The Morgan fingerprint density at radius 2 is 0.908 bits per heavy atom. The van der Waals surface area contributed by atoms with Crippen LogP contribution in [0.3, 0.4) is 0 Å². The Hall–Kier alpha value is -9.58. The Kier molecular flexibility index (Phi) is 9.15. The predicted octanol–water partition coefficient (Wildman–Crippen LogP) is 20.4. The number of nitrogens with zero attached hydrogens (tertiary/aromatic N) is 2. The van der Waals surface area contributed by atoms with Crippen LogP contribution in [0.25, 0.3) is 115 Å². The molecular weight excluding hydrogens is 929 g/mol. The molecule has 1 aliphatic carbocycles. The van der Waals surface area contributed by atoms with Crippen LogP contribution in [0.2, 0.25) is 0 Å². The molecule has 2 aliphatic rings. The van der Waals surface area contributed by atoms with Gasteiger partial charge < -0.3 is 23.1 Å². The third-order valence-corrected chi connectivity index (χ3v) is 16.2. The topological polar surface area (TPSA) is 45.9 Å². The molecule has 0 N–H and O–H groups in total. The first-order valence-electron chi connectivity index (χ1n) is 26.3. The van der Waals surface area contributed by atoms with Gasteiger partial charge in [-0.05, 0) is 97.0 Å². The molecule has 16 rings (SSSR count). The number of para-hydroxylation sites is 4. The first-order valence-corrected chi connectivity index (χ1v) is 26.3. The molecule has 1 aliphatic heterocycles. The number of furan rings is 3. The number of aryl methyl sites for hydroxylation is 2. The van der Waals surface area contributed by atoms with E-state index < -0.39 is 0 Å². The van der Waals surface area contributed by atoms with E-state index in [1.54, 1.807) is 0 Å². The molecule has 11 aromatic carbocycles. The quantitative estimate of drug-likeness (QED) is 0.172. The molecule has 14 aromatic rings. The van der Waals surface area contributed by atoms with Crippen LogP contribution in [-0.2, 0) is 0 Å². The van der Waals surface area contributed by atoms with E-state index >= 15 is 0 Å². The van der Waals surface area contributed by atoms with Gasteiger partial charge in [-0.2, -0.15) is 0 Å². The van der Waals surface area contributed by atoms with E-state index in [0.717, 1.165) is 139 Å². The zero-order valence-corrected chi connectivity index (χ0v) is 42.2. The Morgan fingerprint density at radius 3 is 1.67 bits per heavy atom. The van der Waals surface area contributed by atoms with E-state index in [1.165, 1.54) is 33.4 Å². The summed E-state index contributed by atoms with van der Waals surface area (Å²) >= 11 is 0. The molecule has 4 bridgehead atoms. The first kappa shape index (κ1) is 42.9. The zero-order valence-electron chi connectivity index (χ0n) is 42.2. The Labute approximate surface area is 438 Å². The maximum Gasteiger partial charge on any atom is 0.159 e. The van der Waals surface area contributed by atoms with Crippen LogP contribution in [0.5, 0.6) is 0 Å². The maximum atomic E-state index is 7.33. The van der Waals surface area contributed by atoms with Gasteiger partial charge in [0, 0.05) is 70.7 Å². The van der Waals surface area contributed by atoms with E-state index in [-0.39, 0.29) is 6.04 Å². The lowest BCUT2D eigenvalue weighted by atomic mass is 9.86. The monoisotopic (exact) mass is 976 g/mol. The van der Waals surface area contributed by atoms with Crippen molar-refractivity contribution in [3.8, 4) is 22.3 Å². The van der Waals surface area contributed by atoms with Crippen molar-refractivity contribution in [2.24, 2.45) is 0 Å². The molecule has 1 atom stereocenters. The van der Waals surface area contributed by atoms with Gasteiger partial charge in [0.25, 0.3) is 0 Å².